The molecule has 1 aliphatic heterocycles. The van der Waals surface area contributed by atoms with Crippen LogP contribution in [0.5, 0.6) is 0 Å². The van der Waals surface area contributed by atoms with Gasteiger partial charge in [0.1, 0.15) is 11.2 Å². The van der Waals surface area contributed by atoms with Crippen molar-refractivity contribution in [1.82, 2.24) is 4.57 Å². The number of furan rings is 1. The van der Waals surface area contributed by atoms with Crippen molar-refractivity contribution >= 4 is 49.4 Å². The van der Waals surface area contributed by atoms with Crippen molar-refractivity contribution < 1.29 is 4.42 Å². The fraction of sp³-hybridized carbons (Fsp3) is 0.0455. The molecule has 0 amide bonds. The zero-order valence-electron chi connectivity index (χ0n) is 25.7. The minimum atomic E-state index is 0.816. The van der Waals surface area contributed by atoms with Crippen LogP contribution in [0.4, 0.5) is 5.69 Å². The van der Waals surface area contributed by atoms with Crippen LogP contribution >= 0.6 is 0 Å². The van der Waals surface area contributed by atoms with Crippen molar-refractivity contribution in [2.45, 2.75) is 13.1 Å². The van der Waals surface area contributed by atoms with E-state index in [-0.39, 0.29) is 0 Å². The quantitative estimate of drug-likeness (QED) is 0.201. The molecule has 2 aromatic heterocycles. The molecule has 7 aromatic carbocycles. The highest BCUT2D eigenvalue weighted by Crippen LogP contribution is 2.42. The number of aromatic nitrogens is 1. The Morgan fingerprint density at radius 3 is 1.91 bits per heavy atom. The molecular formula is C44H30N2O. The Morgan fingerprint density at radius 1 is 0.426 bits per heavy atom. The highest BCUT2D eigenvalue weighted by Gasteiger charge is 2.23. The average Bonchev–Trinajstić information content (AvgIpc) is 3.62. The van der Waals surface area contributed by atoms with E-state index in [4.69, 9.17) is 4.42 Å². The van der Waals surface area contributed by atoms with Crippen molar-refractivity contribution in [2.24, 2.45) is 0 Å². The van der Waals surface area contributed by atoms with Crippen molar-refractivity contribution in [3.8, 4) is 27.9 Å². The number of fused-ring (bicyclic) bond motifs is 9. The lowest BCUT2D eigenvalue weighted by atomic mass is 9.91. The number of rotatable bonds is 3. The topological polar surface area (TPSA) is 21.3 Å². The van der Waals surface area contributed by atoms with Crippen LogP contribution in [0.15, 0.2) is 162 Å². The molecule has 3 heteroatoms. The highest BCUT2D eigenvalue weighted by molar-refractivity contribution is 6.12. The van der Waals surface area contributed by atoms with Crippen LogP contribution in [-0.2, 0) is 13.1 Å². The molecule has 0 radical (unpaired) electrons. The predicted octanol–water partition coefficient (Wildman–Crippen LogP) is 11.5. The lowest BCUT2D eigenvalue weighted by molar-refractivity contribution is 0.669. The van der Waals surface area contributed by atoms with Gasteiger partial charge in [0.25, 0.3) is 0 Å². The third kappa shape index (κ3) is 4.06. The second-order valence-electron chi connectivity index (χ2n) is 12.6. The van der Waals surface area contributed by atoms with Crippen molar-refractivity contribution in [2.75, 3.05) is 4.90 Å². The van der Waals surface area contributed by atoms with Gasteiger partial charge in [-0.25, -0.2) is 0 Å². The fourth-order valence-electron chi connectivity index (χ4n) is 7.75. The maximum atomic E-state index is 6.27. The van der Waals surface area contributed by atoms with Gasteiger partial charge in [0, 0.05) is 46.0 Å². The van der Waals surface area contributed by atoms with E-state index in [1.54, 1.807) is 0 Å². The summed E-state index contributed by atoms with van der Waals surface area (Å²) < 4.78 is 8.69. The first-order chi connectivity index (χ1) is 23.3. The van der Waals surface area contributed by atoms with E-state index >= 15 is 0 Å². The molecule has 0 aliphatic carbocycles. The summed E-state index contributed by atoms with van der Waals surface area (Å²) in [6.45, 7) is 1.65. The maximum absolute atomic E-state index is 6.27. The summed E-state index contributed by atoms with van der Waals surface area (Å²) in [5.74, 6) is 0. The smallest absolute Gasteiger partial charge is 0.136 e. The van der Waals surface area contributed by atoms with E-state index < -0.39 is 0 Å². The number of para-hydroxylation sites is 4. The monoisotopic (exact) mass is 602 g/mol. The van der Waals surface area contributed by atoms with Gasteiger partial charge in [-0.1, -0.05) is 103 Å². The van der Waals surface area contributed by atoms with E-state index in [1.165, 1.54) is 71.9 Å². The fourth-order valence-corrected chi connectivity index (χ4v) is 7.75. The van der Waals surface area contributed by atoms with E-state index in [1.807, 2.05) is 6.07 Å². The Kier molecular flexibility index (Phi) is 5.70. The molecule has 0 saturated carbocycles. The Morgan fingerprint density at radius 2 is 1.11 bits per heavy atom. The maximum Gasteiger partial charge on any atom is 0.136 e. The van der Waals surface area contributed by atoms with Crippen LogP contribution in [0.25, 0.3) is 71.7 Å². The standard InChI is InChI=1S/C44H30N2O/c1-2-11-32(12-3-1)45-27-30-22-21-29(35-16-10-20-43-44(35)38-15-6-9-19-42(38)47-43)26-39(30)34-24-23-33(25-31(34)28-45)46-40-17-7-4-13-36(40)37-14-5-8-18-41(37)46/h1-26H,27-28H2. The first kappa shape index (κ1) is 26.2. The first-order valence-corrected chi connectivity index (χ1v) is 16.3. The lowest BCUT2D eigenvalue weighted by Gasteiger charge is -2.24. The van der Waals surface area contributed by atoms with E-state index in [2.05, 4.69) is 161 Å². The molecular weight excluding hydrogens is 572 g/mol. The van der Waals surface area contributed by atoms with Gasteiger partial charge in [-0.05, 0) is 88.0 Å². The number of benzene rings is 7. The van der Waals surface area contributed by atoms with Gasteiger partial charge in [-0.3, -0.25) is 0 Å². The molecule has 0 unspecified atom stereocenters. The summed E-state index contributed by atoms with van der Waals surface area (Å²) in [4.78, 5) is 2.50. The normalized spacial score (nSPS) is 12.9. The van der Waals surface area contributed by atoms with Gasteiger partial charge in [0.2, 0.25) is 0 Å². The molecule has 0 fully saturated rings. The molecule has 0 saturated heterocycles. The van der Waals surface area contributed by atoms with Crippen LogP contribution < -0.4 is 4.90 Å². The van der Waals surface area contributed by atoms with Crippen molar-refractivity contribution in [3.05, 3.63) is 169 Å². The van der Waals surface area contributed by atoms with Gasteiger partial charge in [-0.15, -0.1) is 0 Å². The molecule has 0 atom stereocenters. The first-order valence-electron chi connectivity index (χ1n) is 16.3. The van der Waals surface area contributed by atoms with E-state index in [9.17, 15) is 0 Å². The summed E-state index contributed by atoms with van der Waals surface area (Å²) in [7, 11) is 0. The minimum absolute atomic E-state index is 0.816. The van der Waals surface area contributed by atoms with Crippen molar-refractivity contribution in [3.63, 3.8) is 0 Å². The Balaban J connectivity index is 1.19. The Labute approximate surface area is 272 Å². The zero-order chi connectivity index (χ0) is 30.9. The Bertz CT molecular complexity index is 2590. The summed E-state index contributed by atoms with van der Waals surface area (Å²) in [5.41, 5.74) is 14.3. The zero-order valence-corrected chi connectivity index (χ0v) is 25.7. The largest absolute Gasteiger partial charge is 0.456 e. The summed E-state index contributed by atoms with van der Waals surface area (Å²) in [6.07, 6.45) is 0. The third-order valence-electron chi connectivity index (χ3n) is 9.88. The molecule has 0 bridgehead atoms. The minimum Gasteiger partial charge on any atom is -0.456 e. The highest BCUT2D eigenvalue weighted by atomic mass is 16.3. The van der Waals surface area contributed by atoms with Gasteiger partial charge in [0.05, 0.1) is 11.0 Å². The second kappa shape index (κ2) is 10.2. The van der Waals surface area contributed by atoms with Gasteiger partial charge in [0.15, 0.2) is 0 Å². The molecule has 10 rings (SSSR count). The van der Waals surface area contributed by atoms with Crippen LogP contribution in [-0.4, -0.2) is 4.57 Å². The summed E-state index contributed by atoms with van der Waals surface area (Å²) in [5, 5.41) is 4.88. The van der Waals surface area contributed by atoms with Crippen LogP contribution in [0.3, 0.4) is 0 Å². The number of hydrogen-bond acceptors (Lipinski definition) is 2. The molecule has 0 N–H and O–H groups in total. The molecule has 47 heavy (non-hydrogen) atoms. The molecule has 9 aromatic rings. The third-order valence-corrected chi connectivity index (χ3v) is 9.88. The number of anilines is 1. The van der Waals surface area contributed by atoms with Gasteiger partial charge >= 0.3 is 0 Å². The summed E-state index contributed by atoms with van der Waals surface area (Å²) in [6, 6.07) is 57.1. The van der Waals surface area contributed by atoms with Crippen LogP contribution in [0.2, 0.25) is 0 Å². The van der Waals surface area contributed by atoms with E-state index in [0.717, 1.165) is 29.6 Å². The van der Waals surface area contributed by atoms with E-state index in [0.29, 0.717) is 0 Å². The number of hydrogen-bond donors (Lipinski definition) is 0. The van der Waals surface area contributed by atoms with Gasteiger partial charge in [-0.2, -0.15) is 0 Å². The number of nitrogens with zero attached hydrogens (tertiary/aromatic N) is 2. The van der Waals surface area contributed by atoms with Gasteiger partial charge < -0.3 is 13.9 Å². The molecule has 1 aliphatic rings. The lowest BCUT2D eigenvalue weighted by Crippen LogP contribution is -2.20. The summed E-state index contributed by atoms with van der Waals surface area (Å²) >= 11 is 0. The Hall–Kier alpha value is -6.06. The SMILES string of the molecule is c1ccc(N2Cc3cc(-n4c5ccccc5c5ccccc54)ccc3-c3cc(-c4cccc5oc6ccccc6c45)ccc3C2)cc1. The molecule has 3 heterocycles. The van der Waals surface area contributed by atoms with Crippen molar-refractivity contribution in [1.29, 1.82) is 0 Å². The molecule has 222 valence electrons. The average molecular weight is 603 g/mol. The second-order valence-corrected chi connectivity index (χ2v) is 12.6. The van der Waals surface area contributed by atoms with Crippen LogP contribution in [0.1, 0.15) is 11.1 Å². The predicted molar refractivity (Wildman–Crippen MR) is 195 cm³/mol. The van der Waals surface area contributed by atoms with Crippen LogP contribution in [0, 0.1) is 0 Å². The molecule has 3 nitrogen and oxygen atoms in total. The molecule has 0 spiro atoms.